The van der Waals surface area contributed by atoms with E-state index in [1.54, 1.807) is 0 Å². The Kier molecular flexibility index (Phi) is 3.02. The average Bonchev–Trinajstić information content (AvgIpc) is 2.52. The maximum Gasteiger partial charge on any atom is 0.227 e. The first-order chi connectivity index (χ1) is 6.13. The minimum Gasteiger partial charge on any atom is -0.339 e. The monoisotopic (exact) mass is 179 g/mol. The molecule has 1 unspecified atom stereocenters. The highest BCUT2D eigenvalue weighted by molar-refractivity contribution is 4.94. The normalized spacial score (nSPS) is 12.8. The molecule has 4 nitrogen and oxygen atoms in total. The van der Waals surface area contributed by atoms with Crippen LogP contribution in [0.1, 0.15) is 38.4 Å². The molecular formula is C9H13N3O. The Hall–Kier alpha value is -1.37. The van der Waals surface area contributed by atoms with Gasteiger partial charge in [-0.1, -0.05) is 19.0 Å². The molecule has 4 heteroatoms. The highest BCUT2D eigenvalue weighted by Crippen LogP contribution is 2.11. The van der Waals surface area contributed by atoms with Crippen molar-refractivity contribution in [1.29, 1.82) is 5.26 Å². The molecule has 0 fully saturated rings. The lowest BCUT2D eigenvalue weighted by Crippen LogP contribution is -1.97. The maximum atomic E-state index is 8.57. The third-order valence-electron chi connectivity index (χ3n) is 1.70. The van der Waals surface area contributed by atoms with Gasteiger partial charge in [0.2, 0.25) is 5.89 Å². The van der Waals surface area contributed by atoms with E-state index >= 15 is 0 Å². The first kappa shape index (κ1) is 9.72. The highest BCUT2D eigenvalue weighted by Gasteiger charge is 2.11. The Bertz CT molecular complexity index is 311. The fourth-order valence-corrected chi connectivity index (χ4v) is 0.893. The third kappa shape index (κ3) is 2.55. The van der Waals surface area contributed by atoms with Crippen molar-refractivity contribution in [3.05, 3.63) is 11.7 Å². The molecule has 0 aliphatic rings. The van der Waals surface area contributed by atoms with E-state index in [-0.39, 0.29) is 11.8 Å². The SMILES string of the molecule is CC(C#N)Cc1nc(C(C)C)no1. The summed E-state index contributed by atoms with van der Waals surface area (Å²) < 4.78 is 4.99. The van der Waals surface area contributed by atoms with E-state index in [2.05, 4.69) is 16.2 Å². The molecule has 0 amide bonds. The molecule has 0 aliphatic heterocycles. The topological polar surface area (TPSA) is 62.7 Å². The molecule has 70 valence electrons. The second-order valence-electron chi connectivity index (χ2n) is 3.44. The summed E-state index contributed by atoms with van der Waals surface area (Å²) in [6.45, 7) is 5.84. The Morgan fingerprint density at radius 2 is 2.15 bits per heavy atom. The highest BCUT2D eigenvalue weighted by atomic mass is 16.5. The van der Waals surface area contributed by atoms with Crippen LogP contribution in [0.4, 0.5) is 0 Å². The summed E-state index contributed by atoms with van der Waals surface area (Å²) in [7, 11) is 0. The summed E-state index contributed by atoms with van der Waals surface area (Å²) in [6.07, 6.45) is 0.538. The van der Waals surface area contributed by atoms with E-state index in [1.807, 2.05) is 20.8 Å². The van der Waals surface area contributed by atoms with Crippen molar-refractivity contribution in [3.63, 3.8) is 0 Å². The molecule has 0 aliphatic carbocycles. The van der Waals surface area contributed by atoms with E-state index in [1.165, 1.54) is 0 Å². The van der Waals surface area contributed by atoms with Crippen LogP contribution < -0.4 is 0 Å². The molecule has 0 radical (unpaired) electrons. The van der Waals surface area contributed by atoms with E-state index in [9.17, 15) is 0 Å². The number of aromatic nitrogens is 2. The lowest BCUT2D eigenvalue weighted by Gasteiger charge is -1.94. The van der Waals surface area contributed by atoms with E-state index in [0.29, 0.717) is 18.1 Å². The van der Waals surface area contributed by atoms with Gasteiger partial charge in [0.05, 0.1) is 12.0 Å². The summed E-state index contributed by atoms with van der Waals surface area (Å²) in [6, 6.07) is 2.12. The molecule has 13 heavy (non-hydrogen) atoms. The lowest BCUT2D eigenvalue weighted by atomic mass is 10.1. The average molecular weight is 179 g/mol. The standard InChI is InChI=1S/C9H13N3O/c1-6(2)9-11-8(13-12-9)4-7(3)5-10/h6-7H,4H2,1-3H3. The number of hydrogen-bond donors (Lipinski definition) is 0. The minimum absolute atomic E-state index is 0.0690. The van der Waals surface area contributed by atoms with Crippen LogP contribution in [0.15, 0.2) is 4.52 Å². The van der Waals surface area contributed by atoms with Crippen LogP contribution in [0, 0.1) is 17.2 Å². The van der Waals surface area contributed by atoms with Crippen LogP contribution in [0.2, 0.25) is 0 Å². The van der Waals surface area contributed by atoms with Crippen molar-refractivity contribution in [3.8, 4) is 6.07 Å². The van der Waals surface area contributed by atoms with Crippen molar-refractivity contribution >= 4 is 0 Å². The van der Waals surface area contributed by atoms with E-state index < -0.39 is 0 Å². The Morgan fingerprint density at radius 1 is 1.46 bits per heavy atom. The van der Waals surface area contributed by atoms with E-state index in [4.69, 9.17) is 9.78 Å². The van der Waals surface area contributed by atoms with Gasteiger partial charge in [0.1, 0.15) is 0 Å². The van der Waals surface area contributed by atoms with Crippen molar-refractivity contribution in [2.24, 2.45) is 5.92 Å². The summed E-state index contributed by atoms with van der Waals surface area (Å²) >= 11 is 0. The van der Waals surface area contributed by atoms with Gasteiger partial charge in [0.25, 0.3) is 0 Å². The minimum atomic E-state index is -0.0690. The molecule has 1 rings (SSSR count). The first-order valence-electron chi connectivity index (χ1n) is 4.35. The lowest BCUT2D eigenvalue weighted by molar-refractivity contribution is 0.363. The van der Waals surface area contributed by atoms with Crippen LogP contribution >= 0.6 is 0 Å². The van der Waals surface area contributed by atoms with Crippen LogP contribution in [0.3, 0.4) is 0 Å². The molecule has 0 saturated carbocycles. The second kappa shape index (κ2) is 4.04. The van der Waals surface area contributed by atoms with Gasteiger partial charge in [0, 0.05) is 12.3 Å². The number of nitriles is 1. The van der Waals surface area contributed by atoms with Gasteiger partial charge in [-0.05, 0) is 6.92 Å². The van der Waals surface area contributed by atoms with Gasteiger partial charge in [-0.2, -0.15) is 10.2 Å². The molecule has 1 aromatic heterocycles. The van der Waals surface area contributed by atoms with Crippen molar-refractivity contribution in [2.45, 2.75) is 33.1 Å². The predicted molar refractivity (Wildman–Crippen MR) is 46.9 cm³/mol. The second-order valence-corrected chi connectivity index (χ2v) is 3.44. The number of rotatable bonds is 3. The zero-order chi connectivity index (χ0) is 9.84. The zero-order valence-corrected chi connectivity index (χ0v) is 8.11. The number of nitrogens with zero attached hydrogens (tertiary/aromatic N) is 3. The Balaban J connectivity index is 2.65. The predicted octanol–water partition coefficient (Wildman–Crippen LogP) is 1.90. The van der Waals surface area contributed by atoms with Crippen LogP contribution in [0.5, 0.6) is 0 Å². The summed E-state index contributed by atoms with van der Waals surface area (Å²) in [4.78, 5) is 4.17. The summed E-state index contributed by atoms with van der Waals surface area (Å²) in [5, 5.41) is 12.4. The van der Waals surface area contributed by atoms with Gasteiger partial charge in [-0.25, -0.2) is 0 Å². The van der Waals surface area contributed by atoms with Crippen molar-refractivity contribution < 1.29 is 4.52 Å². The number of hydrogen-bond acceptors (Lipinski definition) is 4. The first-order valence-corrected chi connectivity index (χ1v) is 4.35. The fraction of sp³-hybridized carbons (Fsp3) is 0.667. The largest absolute Gasteiger partial charge is 0.339 e. The summed E-state index contributed by atoms with van der Waals surface area (Å²) in [5.41, 5.74) is 0. The fourth-order valence-electron chi connectivity index (χ4n) is 0.893. The van der Waals surface area contributed by atoms with Gasteiger partial charge in [-0.3, -0.25) is 0 Å². The Labute approximate surface area is 77.6 Å². The van der Waals surface area contributed by atoms with Crippen LogP contribution in [-0.2, 0) is 6.42 Å². The van der Waals surface area contributed by atoms with Crippen LogP contribution in [0.25, 0.3) is 0 Å². The quantitative estimate of drug-likeness (QED) is 0.710. The maximum absolute atomic E-state index is 8.57. The molecular weight excluding hydrogens is 166 g/mol. The molecule has 1 heterocycles. The van der Waals surface area contributed by atoms with Gasteiger partial charge in [0.15, 0.2) is 5.82 Å². The van der Waals surface area contributed by atoms with Gasteiger partial charge in [-0.15, -0.1) is 0 Å². The Morgan fingerprint density at radius 3 is 2.62 bits per heavy atom. The third-order valence-corrected chi connectivity index (χ3v) is 1.70. The zero-order valence-electron chi connectivity index (χ0n) is 8.11. The molecule has 0 bridgehead atoms. The molecule has 1 aromatic rings. The van der Waals surface area contributed by atoms with Crippen molar-refractivity contribution in [2.75, 3.05) is 0 Å². The molecule has 0 saturated heterocycles. The van der Waals surface area contributed by atoms with Gasteiger partial charge >= 0.3 is 0 Å². The smallest absolute Gasteiger partial charge is 0.227 e. The molecule has 1 atom stereocenters. The molecule has 0 aromatic carbocycles. The van der Waals surface area contributed by atoms with Crippen LogP contribution in [-0.4, -0.2) is 10.1 Å². The molecule has 0 spiro atoms. The molecule has 0 N–H and O–H groups in total. The van der Waals surface area contributed by atoms with Gasteiger partial charge < -0.3 is 4.52 Å². The van der Waals surface area contributed by atoms with Crippen molar-refractivity contribution in [1.82, 2.24) is 10.1 Å². The van der Waals surface area contributed by atoms with E-state index in [0.717, 1.165) is 0 Å². The summed E-state index contributed by atoms with van der Waals surface area (Å²) in [5.74, 6) is 1.47.